The fourth-order valence-corrected chi connectivity index (χ4v) is 2.32. The van der Waals surface area contributed by atoms with Gasteiger partial charge in [-0.1, -0.05) is 25.4 Å². The predicted molar refractivity (Wildman–Crippen MR) is 66.9 cm³/mol. The highest BCUT2D eigenvalue weighted by Gasteiger charge is 2.24. The molecule has 1 aliphatic heterocycles. The van der Waals surface area contributed by atoms with Gasteiger partial charge >= 0.3 is 0 Å². The number of aromatic nitrogens is 2. The van der Waals surface area contributed by atoms with Crippen LogP contribution < -0.4 is 4.90 Å². The zero-order chi connectivity index (χ0) is 11.7. The molecule has 0 bridgehead atoms. The summed E-state index contributed by atoms with van der Waals surface area (Å²) in [7, 11) is 0. The van der Waals surface area contributed by atoms with E-state index in [2.05, 4.69) is 28.7 Å². The van der Waals surface area contributed by atoms with Gasteiger partial charge in [-0.05, 0) is 25.2 Å². The average Bonchev–Trinajstić information content (AvgIpc) is 2.26. The average molecular weight is 240 g/mol. The Hall–Kier alpha value is -0.830. The van der Waals surface area contributed by atoms with Crippen LogP contribution in [0, 0.1) is 18.8 Å². The summed E-state index contributed by atoms with van der Waals surface area (Å²) in [6, 6.07) is 0. The van der Waals surface area contributed by atoms with Crippen molar-refractivity contribution in [3.63, 3.8) is 0 Å². The Bertz CT molecular complexity index is 381. The fraction of sp³-hybridized carbons (Fsp3) is 0.667. The zero-order valence-electron chi connectivity index (χ0n) is 10.1. The molecule has 0 spiro atoms. The normalized spacial score (nSPS) is 25.9. The molecule has 2 rings (SSSR count). The SMILES string of the molecule is Cc1c(Cl)ncnc1N1CCC(C)C(C)C1. The van der Waals surface area contributed by atoms with E-state index in [0.717, 1.165) is 30.4 Å². The van der Waals surface area contributed by atoms with Crippen LogP contribution in [0.15, 0.2) is 6.33 Å². The van der Waals surface area contributed by atoms with Crippen molar-refractivity contribution < 1.29 is 0 Å². The van der Waals surface area contributed by atoms with E-state index in [1.54, 1.807) is 6.33 Å². The summed E-state index contributed by atoms with van der Waals surface area (Å²) in [6.45, 7) is 8.74. The molecule has 4 heteroatoms. The van der Waals surface area contributed by atoms with Crippen LogP contribution in [-0.4, -0.2) is 23.1 Å². The van der Waals surface area contributed by atoms with E-state index in [-0.39, 0.29) is 0 Å². The standard InChI is InChI=1S/C12H18ClN3/c1-8-4-5-16(6-9(8)2)12-10(3)11(13)14-7-15-12/h7-9H,4-6H2,1-3H3. The van der Waals surface area contributed by atoms with Crippen molar-refractivity contribution in [3.05, 3.63) is 17.0 Å². The van der Waals surface area contributed by atoms with E-state index in [1.165, 1.54) is 6.42 Å². The van der Waals surface area contributed by atoms with E-state index >= 15 is 0 Å². The molecule has 2 atom stereocenters. The molecular formula is C12H18ClN3. The molecule has 1 aromatic heterocycles. The largest absolute Gasteiger partial charge is 0.356 e. The van der Waals surface area contributed by atoms with Gasteiger partial charge in [-0.2, -0.15) is 0 Å². The summed E-state index contributed by atoms with van der Waals surface area (Å²) >= 11 is 6.02. The zero-order valence-corrected chi connectivity index (χ0v) is 10.8. The van der Waals surface area contributed by atoms with Gasteiger partial charge in [0.1, 0.15) is 17.3 Å². The van der Waals surface area contributed by atoms with Gasteiger partial charge in [0.25, 0.3) is 0 Å². The lowest BCUT2D eigenvalue weighted by atomic mass is 9.88. The lowest BCUT2D eigenvalue weighted by molar-refractivity contribution is 0.322. The molecular weight excluding hydrogens is 222 g/mol. The van der Waals surface area contributed by atoms with Crippen LogP contribution in [-0.2, 0) is 0 Å². The molecule has 1 saturated heterocycles. The summed E-state index contributed by atoms with van der Waals surface area (Å²) in [4.78, 5) is 10.7. The van der Waals surface area contributed by atoms with Crippen molar-refractivity contribution in [1.82, 2.24) is 9.97 Å². The van der Waals surface area contributed by atoms with Crippen LogP contribution in [0.5, 0.6) is 0 Å². The highest BCUT2D eigenvalue weighted by molar-refractivity contribution is 6.30. The van der Waals surface area contributed by atoms with Crippen molar-refractivity contribution in [2.45, 2.75) is 27.2 Å². The smallest absolute Gasteiger partial charge is 0.137 e. The molecule has 0 aliphatic carbocycles. The minimum Gasteiger partial charge on any atom is -0.356 e. The fourth-order valence-electron chi connectivity index (χ4n) is 2.19. The number of hydrogen-bond donors (Lipinski definition) is 0. The first-order valence-corrected chi connectivity index (χ1v) is 6.19. The topological polar surface area (TPSA) is 29.0 Å². The van der Waals surface area contributed by atoms with Gasteiger partial charge < -0.3 is 4.90 Å². The molecule has 0 N–H and O–H groups in total. The maximum atomic E-state index is 6.02. The number of halogens is 1. The van der Waals surface area contributed by atoms with Crippen molar-refractivity contribution in [1.29, 1.82) is 0 Å². The van der Waals surface area contributed by atoms with Gasteiger partial charge in [0.2, 0.25) is 0 Å². The molecule has 3 nitrogen and oxygen atoms in total. The molecule has 1 aromatic rings. The molecule has 1 aliphatic rings. The first-order chi connectivity index (χ1) is 7.59. The van der Waals surface area contributed by atoms with Gasteiger partial charge in [0.15, 0.2) is 0 Å². The van der Waals surface area contributed by atoms with Crippen molar-refractivity contribution in [2.75, 3.05) is 18.0 Å². The van der Waals surface area contributed by atoms with Gasteiger partial charge in [-0.15, -0.1) is 0 Å². The second-order valence-electron chi connectivity index (χ2n) is 4.80. The third-order valence-corrected chi connectivity index (χ3v) is 4.01. The van der Waals surface area contributed by atoms with E-state index in [9.17, 15) is 0 Å². The monoisotopic (exact) mass is 239 g/mol. The summed E-state index contributed by atoms with van der Waals surface area (Å²) in [6.07, 6.45) is 2.77. The van der Waals surface area contributed by atoms with Gasteiger partial charge in [0, 0.05) is 18.7 Å². The molecule has 2 heterocycles. The number of rotatable bonds is 1. The lowest BCUT2D eigenvalue weighted by Crippen LogP contribution is -2.39. The Morgan fingerprint density at radius 3 is 2.75 bits per heavy atom. The Balaban J connectivity index is 2.22. The maximum Gasteiger partial charge on any atom is 0.137 e. The molecule has 0 amide bonds. The highest BCUT2D eigenvalue weighted by Crippen LogP contribution is 2.29. The minimum absolute atomic E-state index is 0.566. The minimum atomic E-state index is 0.566. The number of anilines is 1. The van der Waals surface area contributed by atoms with E-state index in [4.69, 9.17) is 11.6 Å². The molecule has 16 heavy (non-hydrogen) atoms. The predicted octanol–water partition coefficient (Wildman–Crippen LogP) is 2.92. The van der Waals surface area contributed by atoms with Crippen molar-refractivity contribution >= 4 is 17.4 Å². The van der Waals surface area contributed by atoms with Crippen LogP contribution in [0.2, 0.25) is 5.15 Å². The van der Waals surface area contributed by atoms with Crippen LogP contribution in [0.3, 0.4) is 0 Å². The number of piperidine rings is 1. The molecule has 88 valence electrons. The first kappa shape index (κ1) is 11.6. The summed E-state index contributed by atoms with van der Waals surface area (Å²) in [5.41, 5.74) is 0.992. The van der Waals surface area contributed by atoms with Crippen LogP contribution in [0.4, 0.5) is 5.82 Å². The summed E-state index contributed by atoms with van der Waals surface area (Å²) in [5, 5.41) is 0.566. The molecule has 0 radical (unpaired) electrons. The molecule has 1 fully saturated rings. The number of nitrogens with zero attached hydrogens (tertiary/aromatic N) is 3. The quantitative estimate of drug-likeness (QED) is 0.706. The van der Waals surface area contributed by atoms with Gasteiger partial charge in [-0.25, -0.2) is 9.97 Å². The Labute approximate surface area is 102 Å². The van der Waals surface area contributed by atoms with Gasteiger partial charge in [-0.3, -0.25) is 0 Å². The molecule has 0 aromatic carbocycles. The van der Waals surface area contributed by atoms with E-state index in [1.807, 2.05) is 6.92 Å². The van der Waals surface area contributed by atoms with Crippen molar-refractivity contribution in [3.8, 4) is 0 Å². The Morgan fingerprint density at radius 1 is 1.31 bits per heavy atom. The molecule has 2 unspecified atom stereocenters. The van der Waals surface area contributed by atoms with Crippen LogP contribution in [0.1, 0.15) is 25.8 Å². The van der Waals surface area contributed by atoms with Crippen molar-refractivity contribution in [2.24, 2.45) is 11.8 Å². The maximum absolute atomic E-state index is 6.02. The first-order valence-electron chi connectivity index (χ1n) is 5.81. The second kappa shape index (κ2) is 4.58. The third-order valence-electron chi connectivity index (χ3n) is 3.63. The lowest BCUT2D eigenvalue weighted by Gasteiger charge is -2.36. The number of hydrogen-bond acceptors (Lipinski definition) is 3. The Morgan fingerprint density at radius 2 is 2.06 bits per heavy atom. The third kappa shape index (κ3) is 2.14. The van der Waals surface area contributed by atoms with E-state index in [0.29, 0.717) is 11.1 Å². The van der Waals surface area contributed by atoms with Crippen LogP contribution >= 0.6 is 11.6 Å². The van der Waals surface area contributed by atoms with E-state index < -0.39 is 0 Å². The highest BCUT2D eigenvalue weighted by atomic mass is 35.5. The van der Waals surface area contributed by atoms with Crippen LogP contribution in [0.25, 0.3) is 0 Å². The summed E-state index contributed by atoms with van der Waals surface area (Å²) < 4.78 is 0. The second-order valence-corrected chi connectivity index (χ2v) is 5.16. The van der Waals surface area contributed by atoms with Gasteiger partial charge in [0.05, 0.1) is 0 Å². The Kier molecular flexibility index (Phi) is 3.33. The molecule has 0 saturated carbocycles. The summed E-state index contributed by atoms with van der Waals surface area (Å²) in [5.74, 6) is 2.51.